The predicted octanol–water partition coefficient (Wildman–Crippen LogP) is 5.37. The third kappa shape index (κ3) is 3.73. The SMILES string of the molecule is c1cc(-c2ccc(CNc3nccc4cc(-c5ccncc5)ncc34)cc2)ccn1. The molecular weight excluding hydrogens is 370 g/mol. The lowest BCUT2D eigenvalue weighted by atomic mass is 10.1. The molecule has 4 aromatic heterocycles. The summed E-state index contributed by atoms with van der Waals surface area (Å²) < 4.78 is 0. The second-order valence-corrected chi connectivity index (χ2v) is 6.97. The first-order valence-corrected chi connectivity index (χ1v) is 9.75. The first kappa shape index (κ1) is 17.9. The highest BCUT2D eigenvalue weighted by molar-refractivity contribution is 5.93. The van der Waals surface area contributed by atoms with Crippen LogP contribution < -0.4 is 5.32 Å². The summed E-state index contributed by atoms with van der Waals surface area (Å²) in [7, 11) is 0. The minimum Gasteiger partial charge on any atom is -0.365 e. The molecule has 5 nitrogen and oxygen atoms in total. The van der Waals surface area contributed by atoms with Crippen LogP contribution in [0.15, 0.2) is 97.8 Å². The number of anilines is 1. The Hall–Kier alpha value is -4.12. The van der Waals surface area contributed by atoms with E-state index < -0.39 is 0 Å². The Morgan fingerprint density at radius 1 is 0.633 bits per heavy atom. The van der Waals surface area contributed by atoms with Gasteiger partial charge in [-0.1, -0.05) is 24.3 Å². The van der Waals surface area contributed by atoms with E-state index >= 15 is 0 Å². The molecule has 4 heterocycles. The summed E-state index contributed by atoms with van der Waals surface area (Å²) in [6, 6.07) is 20.6. The Morgan fingerprint density at radius 2 is 1.30 bits per heavy atom. The molecule has 0 atom stereocenters. The fourth-order valence-electron chi connectivity index (χ4n) is 3.43. The van der Waals surface area contributed by atoms with Gasteiger partial charge in [-0.05, 0) is 58.5 Å². The fraction of sp³-hybridized carbons (Fsp3) is 0.0400. The van der Waals surface area contributed by atoms with Gasteiger partial charge in [0.2, 0.25) is 0 Å². The third-order valence-electron chi connectivity index (χ3n) is 5.05. The van der Waals surface area contributed by atoms with Gasteiger partial charge >= 0.3 is 0 Å². The maximum absolute atomic E-state index is 4.63. The molecule has 0 spiro atoms. The van der Waals surface area contributed by atoms with E-state index in [-0.39, 0.29) is 0 Å². The summed E-state index contributed by atoms with van der Waals surface area (Å²) in [5.74, 6) is 0.833. The van der Waals surface area contributed by atoms with E-state index in [2.05, 4.69) is 55.6 Å². The summed E-state index contributed by atoms with van der Waals surface area (Å²) >= 11 is 0. The molecule has 0 amide bonds. The molecule has 0 saturated heterocycles. The van der Waals surface area contributed by atoms with Crippen molar-refractivity contribution in [3.63, 3.8) is 0 Å². The van der Waals surface area contributed by atoms with Crippen LogP contribution in [0.5, 0.6) is 0 Å². The van der Waals surface area contributed by atoms with Crippen LogP contribution in [-0.4, -0.2) is 19.9 Å². The van der Waals surface area contributed by atoms with E-state index in [9.17, 15) is 0 Å². The van der Waals surface area contributed by atoms with Gasteiger partial charge in [0.25, 0.3) is 0 Å². The quantitative estimate of drug-likeness (QED) is 0.438. The average Bonchev–Trinajstić information content (AvgIpc) is 2.84. The summed E-state index contributed by atoms with van der Waals surface area (Å²) in [6.07, 6.45) is 10.9. The van der Waals surface area contributed by atoms with Crippen molar-refractivity contribution in [2.24, 2.45) is 0 Å². The summed E-state index contributed by atoms with van der Waals surface area (Å²) in [6.45, 7) is 0.689. The lowest BCUT2D eigenvalue weighted by Crippen LogP contribution is -2.02. The van der Waals surface area contributed by atoms with Crippen LogP contribution in [0.1, 0.15) is 5.56 Å². The molecule has 5 aromatic rings. The molecule has 0 unspecified atom stereocenters. The Balaban J connectivity index is 1.35. The molecule has 30 heavy (non-hydrogen) atoms. The van der Waals surface area contributed by atoms with Crippen molar-refractivity contribution in [2.75, 3.05) is 5.32 Å². The normalized spacial score (nSPS) is 10.8. The van der Waals surface area contributed by atoms with Crippen molar-refractivity contribution in [3.8, 4) is 22.4 Å². The molecule has 0 bridgehead atoms. The van der Waals surface area contributed by atoms with E-state index in [1.807, 2.05) is 55.1 Å². The second kappa shape index (κ2) is 8.09. The number of hydrogen-bond acceptors (Lipinski definition) is 5. The van der Waals surface area contributed by atoms with Gasteiger partial charge in [-0.2, -0.15) is 0 Å². The number of pyridine rings is 4. The Morgan fingerprint density at radius 3 is 2.03 bits per heavy atom. The van der Waals surface area contributed by atoms with Gasteiger partial charge in [-0.25, -0.2) is 4.98 Å². The molecule has 5 heteroatoms. The lowest BCUT2D eigenvalue weighted by molar-refractivity contribution is 1.12. The minimum atomic E-state index is 0.689. The highest BCUT2D eigenvalue weighted by Gasteiger charge is 2.06. The number of benzene rings is 1. The van der Waals surface area contributed by atoms with E-state index in [0.717, 1.165) is 33.4 Å². The van der Waals surface area contributed by atoms with Crippen LogP contribution in [0.4, 0.5) is 5.82 Å². The standard InChI is InChI=1S/C25H19N5/c1-3-19(20-5-10-26-11-6-20)4-2-18(1)16-30-25-23-17-29-24(15-22(23)9-14-28-25)21-7-12-27-13-8-21/h1-15,17H,16H2,(H,28,30). The van der Waals surface area contributed by atoms with Gasteiger partial charge in [0.15, 0.2) is 0 Å². The molecule has 0 fully saturated rings. The van der Waals surface area contributed by atoms with Gasteiger partial charge in [0.05, 0.1) is 5.69 Å². The summed E-state index contributed by atoms with van der Waals surface area (Å²) in [5, 5.41) is 5.55. The number of rotatable bonds is 5. The van der Waals surface area contributed by atoms with Crippen molar-refractivity contribution in [1.82, 2.24) is 19.9 Å². The van der Waals surface area contributed by atoms with Crippen LogP contribution in [-0.2, 0) is 6.54 Å². The van der Waals surface area contributed by atoms with E-state index in [1.165, 1.54) is 11.1 Å². The highest BCUT2D eigenvalue weighted by atomic mass is 15.0. The van der Waals surface area contributed by atoms with Gasteiger partial charge in [0.1, 0.15) is 5.82 Å². The molecule has 0 aliphatic heterocycles. The predicted molar refractivity (Wildman–Crippen MR) is 120 cm³/mol. The smallest absolute Gasteiger partial charge is 0.135 e. The first-order chi connectivity index (χ1) is 14.9. The number of nitrogens with zero attached hydrogens (tertiary/aromatic N) is 4. The van der Waals surface area contributed by atoms with Crippen molar-refractivity contribution >= 4 is 16.6 Å². The van der Waals surface area contributed by atoms with Crippen molar-refractivity contribution in [1.29, 1.82) is 0 Å². The number of aromatic nitrogens is 4. The van der Waals surface area contributed by atoms with Gasteiger partial charge < -0.3 is 5.32 Å². The van der Waals surface area contributed by atoms with Gasteiger partial charge in [-0.15, -0.1) is 0 Å². The lowest BCUT2D eigenvalue weighted by Gasteiger charge is -2.10. The fourth-order valence-corrected chi connectivity index (χ4v) is 3.43. The van der Waals surface area contributed by atoms with Gasteiger partial charge in [0, 0.05) is 54.7 Å². The molecule has 144 valence electrons. The molecule has 1 aromatic carbocycles. The third-order valence-corrected chi connectivity index (χ3v) is 5.05. The van der Waals surface area contributed by atoms with Crippen molar-refractivity contribution < 1.29 is 0 Å². The van der Waals surface area contributed by atoms with Crippen LogP contribution in [0.3, 0.4) is 0 Å². The van der Waals surface area contributed by atoms with Crippen molar-refractivity contribution in [3.05, 3.63) is 103 Å². The molecule has 1 N–H and O–H groups in total. The van der Waals surface area contributed by atoms with Crippen LogP contribution in [0, 0.1) is 0 Å². The first-order valence-electron chi connectivity index (χ1n) is 9.75. The van der Waals surface area contributed by atoms with Crippen LogP contribution >= 0.6 is 0 Å². The Bertz CT molecular complexity index is 1270. The largest absolute Gasteiger partial charge is 0.365 e. The van der Waals surface area contributed by atoms with E-state index in [1.54, 1.807) is 12.4 Å². The number of nitrogens with one attached hydrogen (secondary N) is 1. The molecule has 5 rings (SSSR count). The topological polar surface area (TPSA) is 63.6 Å². The zero-order chi connectivity index (χ0) is 20.2. The molecule has 0 radical (unpaired) electrons. The molecule has 0 aliphatic carbocycles. The van der Waals surface area contributed by atoms with Crippen molar-refractivity contribution in [2.45, 2.75) is 6.54 Å². The summed E-state index contributed by atoms with van der Waals surface area (Å²) in [4.78, 5) is 17.3. The van der Waals surface area contributed by atoms with E-state index in [0.29, 0.717) is 6.54 Å². The van der Waals surface area contributed by atoms with Crippen LogP contribution in [0.2, 0.25) is 0 Å². The molecule has 0 saturated carbocycles. The maximum Gasteiger partial charge on any atom is 0.135 e. The monoisotopic (exact) mass is 389 g/mol. The second-order valence-electron chi connectivity index (χ2n) is 6.97. The summed E-state index contributed by atoms with van der Waals surface area (Å²) in [5.41, 5.74) is 5.50. The van der Waals surface area contributed by atoms with E-state index in [4.69, 9.17) is 0 Å². The Labute approximate surface area is 174 Å². The zero-order valence-corrected chi connectivity index (χ0v) is 16.2. The number of hydrogen-bond donors (Lipinski definition) is 1. The van der Waals surface area contributed by atoms with Gasteiger partial charge in [-0.3, -0.25) is 15.0 Å². The zero-order valence-electron chi connectivity index (χ0n) is 16.2. The molecule has 0 aliphatic rings. The number of fused-ring (bicyclic) bond motifs is 1. The highest BCUT2D eigenvalue weighted by Crippen LogP contribution is 2.26. The Kier molecular flexibility index (Phi) is 4.84. The average molecular weight is 389 g/mol. The minimum absolute atomic E-state index is 0.689. The molecular formula is C25H19N5. The maximum atomic E-state index is 4.63. The van der Waals surface area contributed by atoms with Crippen LogP contribution in [0.25, 0.3) is 33.2 Å².